The Bertz CT molecular complexity index is 688. The summed E-state index contributed by atoms with van der Waals surface area (Å²) in [6.45, 7) is 0. The largest absolute Gasteiger partial charge is 0.416 e. The van der Waals surface area contributed by atoms with Gasteiger partial charge in [0.15, 0.2) is 0 Å². The molecule has 0 fully saturated rings. The minimum absolute atomic E-state index is 0.00105. The minimum atomic E-state index is -4.58. The zero-order valence-corrected chi connectivity index (χ0v) is 11.4. The van der Waals surface area contributed by atoms with Gasteiger partial charge in [0.2, 0.25) is 0 Å². The SMILES string of the molecule is N#CC(c1ccc(Cl)cc1)c1ccc(N)cc1C(F)(F)F. The van der Waals surface area contributed by atoms with Gasteiger partial charge in [-0.1, -0.05) is 29.8 Å². The third-order valence-corrected chi connectivity index (χ3v) is 3.28. The van der Waals surface area contributed by atoms with Gasteiger partial charge >= 0.3 is 6.18 Å². The van der Waals surface area contributed by atoms with E-state index in [9.17, 15) is 18.4 Å². The van der Waals surface area contributed by atoms with E-state index in [1.165, 1.54) is 36.4 Å². The van der Waals surface area contributed by atoms with Crippen LogP contribution in [-0.2, 0) is 6.18 Å². The molecule has 2 aromatic carbocycles. The second-order valence-electron chi connectivity index (χ2n) is 4.46. The summed E-state index contributed by atoms with van der Waals surface area (Å²) in [6.07, 6.45) is -4.58. The van der Waals surface area contributed by atoms with E-state index in [4.69, 9.17) is 17.3 Å². The first kappa shape index (κ1) is 15.2. The van der Waals surface area contributed by atoms with Gasteiger partial charge in [-0.3, -0.25) is 0 Å². The van der Waals surface area contributed by atoms with E-state index in [2.05, 4.69) is 0 Å². The Morgan fingerprint density at radius 2 is 1.71 bits per heavy atom. The van der Waals surface area contributed by atoms with Crippen molar-refractivity contribution in [2.24, 2.45) is 0 Å². The number of hydrogen-bond donors (Lipinski definition) is 1. The van der Waals surface area contributed by atoms with Gasteiger partial charge < -0.3 is 5.73 Å². The molecule has 2 rings (SSSR count). The highest BCUT2D eigenvalue weighted by Crippen LogP contribution is 2.38. The number of nitriles is 1. The molecule has 2 nitrogen and oxygen atoms in total. The molecule has 2 N–H and O–H groups in total. The van der Waals surface area contributed by atoms with Crippen molar-refractivity contribution in [1.29, 1.82) is 5.26 Å². The summed E-state index contributed by atoms with van der Waals surface area (Å²) in [5, 5.41) is 9.73. The van der Waals surface area contributed by atoms with Crippen molar-refractivity contribution < 1.29 is 13.2 Å². The van der Waals surface area contributed by atoms with Crippen LogP contribution in [0.25, 0.3) is 0 Å². The molecule has 0 aliphatic carbocycles. The monoisotopic (exact) mass is 310 g/mol. The molecule has 21 heavy (non-hydrogen) atoms. The molecule has 0 heterocycles. The molecule has 0 spiro atoms. The van der Waals surface area contributed by atoms with Crippen LogP contribution in [0.15, 0.2) is 42.5 Å². The second kappa shape index (κ2) is 5.66. The van der Waals surface area contributed by atoms with Crippen molar-refractivity contribution in [3.63, 3.8) is 0 Å². The minimum Gasteiger partial charge on any atom is -0.399 e. The molecule has 0 bridgehead atoms. The Labute approximate surface area is 124 Å². The van der Waals surface area contributed by atoms with Crippen LogP contribution in [0, 0.1) is 11.3 Å². The van der Waals surface area contributed by atoms with Gasteiger partial charge in [-0.25, -0.2) is 0 Å². The Kier molecular flexibility index (Phi) is 4.10. The van der Waals surface area contributed by atoms with Crippen molar-refractivity contribution in [1.82, 2.24) is 0 Å². The maximum atomic E-state index is 13.1. The Morgan fingerprint density at radius 1 is 1.10 bits per heavy atom. The molecule has 0 radical (unpaired) electrons. The number of benzene rings is 2. The number of rotatable bonds is 2. The summed E-state index contributed by atoms with van der Waals surface area (Å²) in [5.41, 5.74) is 4.84. The molecular weight excluding hydrogens is 301 g/mol. The van der Waals surface area contributed by atoms with Crippen LogP contribution in [-0.4, -0.2) is 0 Å². The van der Waals surface area contributed by atoms with Crippen molar-refractivity contribution >= 4 is 17.3 Å². The lowest BCUT2D eigenvalue weighted by molar-refractivity contribution is -0.138. The average Bonchev–Trinajstić information content (AvgIpc) is 2.42. The van der Waals surface area contributed by atoms with Crippen molar-refractivity contribution in [3.8, 4) is 6.07 Å². The quantitative estimate of drug-likeness (QED) is 0.824. The lowest BCUT2D eigenvalue weighted by Gasteiger charge is -2.17. The molecule has 6 heteroatoms. The van der Waals surface area contributed by atoms with Gasteiger partial charge in [0.1, 0.15) is 0 Å². The third-order valence-electron chi connectivity index (χ3n) is 3.03. The molecule has 1 atom stereocenters. The molecule has 0 aliphatic heterocycles. The van der Waals surface area contributed by atoms with Crippen LogP contribution >= 0.6 is 11.6 Å². The number of alkyl halides is 3. The van der Waals surface area contributed by atoms with E-state index < -0.39 is 17.7 Å². The number of nitrogen functional groups attached to an aromatic ring is 1. The van der Waals surface area contributed by atoms with E-state index in [-0.39, 0.29) is 11.3 Å². The second-order valence-corrected chi connectivity index (χ2v) is 4.89. The lowest BCUT2D eigenvalue weighted by Crippen LogP contribution is -2.13. The summed E-state index contributed by atoms with van der Waals surface area (Å²) in [4.78, 5) is 0. The number of nitrogens with zero attached hydrogens (tertiary/aromatic N) is 1. The van der Waals surface area contributed by atoms with Gasteiger partial charge in [-0.2, -0.15) is 18.4 Å². The maximum Gasteiger partial charge on any atom is 0.416 e. The van der Waals surface area contributed by atoms with Crippen LogP contribution in [0.5, 0.6) is 0 Å². The van der Waals surface area contributed by atoms with Crippen LogP contribution in [0.1, 0.15) is 22.6 Å². The lowest BCUT2D eigenvalue weighted by atomic mass is 9.88. The fourth-order valence-electron chi connectivity index (χ4n) is 2.05. The summed E-state index contributed by atoms with van der Waals surface area (Å²) in [5.74, 6) is -1.04. The molecule has 0 aliphatic rings. The van der Waals surface area contributed by atoms with Gasteiger partial charge in [0.25, 0.3) is 0 Å². The molecule has 1 unspecified atom stereocenters. The van der Waals surface area contributed by atoms with Crippen LogP contribution in [0.2, 0.25) is 5.02 Å². The van der Waals surface area contributed by atoms with Gasteiger partial charge in [-0.15, -0.1) is 0 Å². The maximum absolute atomic E-state index is 13.1. The highest BCUT2D eigenvalue weighted by atomic mass is 35.5. The summed E-state index contributed by atoms with van der Waals surface area (Å²) in [6, 6.07) is 11.5. The van der Waals surface area contributed by atoms with Crippen LogP contribution in [0.4, 0.5) is 18.9 Å². The highest BCUT2D eigenvalue weighted by Gasteiger charge is 2.35. The molecule has 108 valence electrons. The molecule has 2 aromatic rings. The smallest absolute Gasteiger partial charge is 0.399 e. The number of nitrogens with two attached hydrogens (primary N) is 1. The number of hydrogen-bond acceptors (Lipinski definition) is 2. The normalized spacial score (nSPS) is 12.7. The summed E-state index contributed by atoms with van der Waals surface area (Å²) < 4.78 is 39.4. The van der Waals surface area contributed by atoms with Gasteiger partial charge in [0.05, 0.1) is 17.6 Å². The van der Waals surface area contributed by atoms with E-state index in [0.717, 1.165) is 6.07 Å². The van der Waals surface area contributed by atoms with E-state index in [1.54, 1.807) is 0 Å². The van der Waals surface area contributed by atoms with Crippen molar-refractivity contribution in [2.45, 2.75) is 12.1 Å². The van der Waals surface area contributed by atoms with E-state index in [1.807, 2.05) is 6.07 Å². The first-order valence-corrected chi connectivity index (χ1v) is 6.32. The Hall–Kier alpha value is -2.19. The topological polar surface area (TPSA) is 49.8 Å². The molecule has 0 amide bonds. The first-order valence-electron chi connectivity index (χ1n) is 5.94. The van der Waals surface area contributed by atoms with Crippen molar-refractivity contribution in [2.75, 3.05) is 5.73 Å². The van der Waals surface area contributed by atoms with Gasteiger partial charge in [-0.05, 0) is 35.4 Å². The third kappa shape index (κ3) is 3.29. The zero-order valence-electron chi connectivity index (χ0n) is 10.7. The predicted molar refractivity (Wildman–Crippen MR) is 74.8 cm³/mol. The number of anilines is 1. The van der Waals surface area contributed by atoms with Gasteiger partial charge in [0, 0.05) is 10.7 Å². The molecule has 0 aromatic heterocycles. The van der Waals surface area contributed by atoms with Crippen molar-refractivity contribution in [3.05, 3.63) is 64.2 Å². The fourth-order valence-corrected chi connectivity index (χ4v) is 2.18. The van der Waals surface area contributed by atoms with Crippen LogP contribution < -0.4 is 5.73 Å². The predicted octanol–water partition coefficient (Wildman–Crippen LogP) is 4.60. The highest BCUT2D eigenvalue weighted by molar-refractivity contribution is 6.30. The van der Waals surface area contributed by atoms with Crippen LogP contribution in [0.3, 0.4) is 0 Å². The fraction of sp³-hybridized carbons (Fsp3) is 0.133. The number of halogens is 4. The molecule has 0 saturated carbocycles. The summed E-state index contributed by atoms with van der Waals surface area (Å²) >= 11 is 5.75. The molecule has 0 saturated heterocycles. The van der Waals surface area contributed by atoms with E-state index >= 15 is 0 Å². The average molecular weight is 311 g/mol. The Morgan fingerprint density at radius 3 is 2.24 bits per heavy atom. The van der Waals surface area contributed by atoms with E-state index in [0.29, 0.717) is 10.6 Å². The zero-order chi connectivity index (χ0) is 15.6. The first-order chi connectivity index (χ1) is 9.82. The Balaban J connectivity index is 2.58. The summed E-state index contributed by atoms with van der Waals surface area (Å²) in [7, 11) is 0. The molecular formula is C15H10ClF3N2. The standard InChI is InChI=1S/C15H10ClF3N2/c16-10-3-1-9(2-4-10)13(8-20)12-6-5-11(21)7-14(12)15(17,18)19/h1-7,13H,21H2.